The number of aliphatic carboxylic acids is 1. The third-order valence-electron chi connectivity index (χ3n) is 5.04. The molecule has 0 amide bonds. The maximum atomic E-state index is 11.8. The molecule has 1 aliphatic rings. The van der Waals surface area contributed by atoms with Gasteiger partial charge in [0.2, 0.25) is 0 Å². The van der Waals surface area contributed by atoms with Gasteiger partial charge < -0.3 is 10.2 Å². The summed E-state index contributed by atoms with van der Waals surface area (Å²) in [6, 6.07) is 9.87. The highest BCUT2D eigenvalue weighted by atomic mass is 16.4. The molecule has 2 rings (SSSR count). The van der Waals surface area contributed by atoms with Crippen LogP contribution in [0.5, 0.6) is 0 Å². The quantitative estimate of drug-likeness (QED) is 0.830. The van der Waals surface area contributed by atoms with Crippen LogP contribution in [-0.2, 0) is 10.2 Å². The third kappa shape index (κ3) is 4.10. The zero-order chi connectivity index (χ0) is 16.2. The summed E-state index contributed by atoms with van der Waals surface area (Å²) in [5.74, 6) is -0.747. The van der Waals surface area contributed by atoms with Gasteiger partial charge in [-0.2, -0.15) is 0 Å². The molecule has 1 atom stereocenters. The SMILES string of the molecule is CC(C)(CC(O)(CC1CCCCC1)C(=O)O)c1ccccc1. The molecule has 0 spiro atoms. The Morgan fingerprint density at radius 3 is 2.27 bits per heavy atom. The molecule has 0 aromatic heterocycles. The third-order valence-corrected chi connectivity index (χ3v) is 5.04. The van der Waals surface area contributed by atoms with Gasteiger partial charge in [-0.1, -0.05) is 76.3 Å². The van der Waals surface area contributed by atoms with E-state index in [1.165, 1.54) is 6.42 Å². The first-order valence-corrected chi connectivity index (χ1v) is 8.35. The summed E-state index contributed by atoms with van der Waals surface area (Å²) in [5.41, 5.74) is -0.942. The zero-order valence-corrected chi connectivity index (χ0v) is 13.7. The van der Waals surface area contributed by atoms with E-state index in [4.69, 9.17) is 0 Å². The maximum Gasteiger partial charge on any atom is 0.335 e. The van der Waals surface area contributed by atoms with Crippen LogP contribution in [-0.4, -0.2) is 21.8 Å². The molecule has 1 unspecified atom stereocenters. The molecule has 3 heteroatoms. The van der Waals surface area contributed by atoms with Gasteiger partial charge in [-0.3, -0.25) is 0 Å². The molecule has 1 saturated carbocycles. The summed E-state index contributed by atoms with van der Waals surface area (Å²) in [6.45, 7) is 4.02. The van der Waals surface area contributed by atoms with Crippen LogP contribution in [0.1, 0.15) is 64.4 Å². The van der Waals surface area contributed by atoms with Gasteiger partial charge >= 0.3 is 5.97 Å². The van der Waals surface area contributed by atoms with Crippen molar-refractivity contribution in [3.05, 3.63) is 35.9 Å². The number of carbonyl (C=O) groups is 1. The van der Waals surface area contributed by atoms with Gasteiger partial charge in [0, 0.05) is 0 Å². The Bertz CT molecular complexity index is 489. The Kier molecular flexibility index (Phi) is 5.28. The molecule has 2 N–H and O–H groups in total. The molecule has 0 aliphatic heterocycles. The second-order valence-electron chi connectivity index (χ2n) is 7.47. The fourth-order valence-electron chi connectivity index (χ4n) is 3.83. The average molecular weight is 304 g/mol. The lowest BCUT2D eigenvalue weighted by Crippen LogP contribution is -2.45. The number of hydrogen-bond acceptors (Lipinski definition) is 2. The Balaban J connectivity index is 2.14. The van der Waals surface area contributed by atoms with Crippen LogP contribution >= 0.6 is 0 Å². The van der Waals surface area contributed by atoms with Crippen LogP contribution < -0.4 is 0 Å². The predicted molar refractivity (Wildman–Crippen MR) is 87.9 cm³/mol. The average Bonchev–Trinajstić information content (AvgIpc) is 2.48. The van der Waals surface area contributed by atoms with E-state index in [1.54, 1.807) is 0 Å². The molecule has 1 aliphatic carbocycles. The van der Waals surface area contributed by atoms with Crippen LogP contribution in [0.4, 0.5) is 0 Å². The van der Waals surface area contributed by atoms with Crippen LogP contribution in [0.15, 0.2) is 30.3 Å². The van der Waals surface area contributed by atoms with Crippen molar-refractivity contribution in [1.82, 2.24) is 0 Å². The maximum absolute atomic E-state index is 11.8. The summed E-state index contributed by atoms with van der Waals surface area (Å²) in [5, 5.41) is 20.5. The Labute approximate surface area is 133 Å². The Hall–Kier alpha value is -1.35. The van der Waals surface area contributed by atoms with Crippen LogP contribution in [0.3, 0.4) is 0 Å². The molecule has 3 nitrogen and oxygen atoms in total. The molecule has 22 heavy (non-hydrogen) atoms. The van der Waals surface area contributed by atoms with E-state index in [-0.39, 0.29) is 11.8 Å². The van der Waals surface area contributed by atoms with Gasteiger partial charge in [-0.25, -0.2) is 4.79 Å². The van der Waals surface area contributed by atoms with Crippen LogP contribution in [0.2, 0.25) is 0 Å². The number of hydrogen-bond donors (Lipinski definition) is 2. The first kappa shape index (κ1) is 17.0. The van der Waals surface area contributed by atoms with E-state index in [0.29, 0.717) is 12.3 Å². The lowest BCUT2D eigenvalue weighted by molar-refractivity contribution is -0.163. The monoisotopic (exact) mass is 304 g/mol. The Morgan fingerprint density at radius 2 is 1.73 bits per heavy atom. The minimum Gasteiger partial charge on any atom is -0.479 e. The number of carboxylic acid groups (broad SMARTS) is 1. The molecule has 0 radical (unpaired) electrons. The van der Waals surface area contributed by atoms with E-state index in [1.807, 2.05) is 44.2 Å². The van der Waals surface area contributed by atoms with Crippen LogP contribution in [0, 0.1) is 5.92 Å². The lowest BCUT2D eigenvalue weighted by Gasteiger charge is -2.36. The number of rotatable bonds is 6. The van der Waals surface area contributed by atoms with E-state index >= 15 is 0 Å². The van der Waals surface area contributed by atoms with Crippen molar-refractivity contribution in [2.24, 2.45) is 5.92 Å². The van der Waals surface area contributed by atoms with Gasteiger partial charge in [0.25, 0.3) is 0 Å². The molecule has 1 aromatic rings. The molecular weight excluding hydrogens is 276 g/mol. The lowest BCUT2D eigenvalue weighted by atomic mass is 9.71. The fraction of sp³-hybridized carbons (Fsp3) is 0.632. The summed E-state index contributed by atoms with van der Waals surface area (Å²) < 4.78 is 0. The minimum absolute atomic E-state index is 0.246. The van der Waals surface area contributed by atoms with Gasteiger partial charge in [-0.05, 0) is 29.7 Å². The van der Waals surface area contributed by atoms with E-state index < -0.39 is 11.6 Å². The van der Waals surface area contributed by atoms with Gasteiger partial charge in [0.15, 0.2) is 5.60 Å². The standard InChI is InChI=1S/C19H28O3/c1-18(2,16-11-7-4-8-12-16)14-19(22,17(20)21)13-15-9-5-3-6-10-15/h4,7-8,11-12,15,22H,3,5-6,9-10,13-14H2,1-2H3,(H,20,21). The van der Waals surface area contributed by atoms with E-state index in [2.05, 4.69) is 0 Å². The number of carboxylic acids is 1. The Morgan fingerprint density at radius 1 is 1.14 bits per heavy atom. The zero-order valence-electron chi connectivity index (χ0n) is 13.7. The largest absolute Gasteiger partial charge is 0.479 e. The highest BCUT2D eigenvalue weighted by Crippen LogP contribution is 2.38. The van der Waals surface area contributed by atoms with Crippen molar-refractivity contribution in [2.75, 3.05) is 0 Å². The molecule has 122 valence electrons. The minimum atomic E-state index is -1.64. The smallest absolute Gasteiger partial charge is 0.335 e. The van der Waals surface area contributed by atoms with Gasteiger partial charge in [-0.15, -0.1) is 0 Å². The molecule has 0 heterocycles. The number of benzene rings is 1. The van der Waals surface area contributed by atoms with Crippen LogP contribution in [0.25, 0.3) is 0 Å². The molecule has 0 saturated heterocycles. The highest BCUT2D eigenvalue weighted by Gasteiger charge is 2.43. The predicted octanol–water partition coefficient (Wildman–Crippen LogP) is 4.14. The summed E-state index contributed by atoms with van der Waals surface area (Å²) in [4.78, 5) is 11.8. The van der Waals surface area contributed by atoms with Crippen molar-refractivity contribution in [3.63, 3.8) is 0 Å². The van der Waals surface area contributed by atoms with Crippen molar-refractivity contribution < 1.29 is 15.0 Å². The molecular formula is C19H28O3. The second kappa shape index (κ2) is 6.82. The highest BCUT2D eigenvalue weighted by molar-refractivity contribution is 5.77. The molecule has 1 fully saturated rings. The normalized spacial score (nSPS) is 19.6. The summed E-state index contributed by atoms with van der Waals surface area (Å²) >= 11 is 0. The fourth-order valence-corrected chi connectivity index (χ4v) is 3.83. The second-order valence-corrected chi connectivity index (χ2v) is 7.47. The van der Waals surface area contributed by atoms with Crippen molar-refractivity contribution >= 4 is 5.97 Å². The van der Waals surface area contributed by atoms with E-state index in [0.717, 1.165) is 31.2 Å². The first-order chi connectivity index (χ1) is 10.3. The van der Waals surface area contributed by atoms with Crippen molar-refractivity contribution in [3.8, 4) is 0 Å². The van der Waals surface area contributed by atoms with Crippen molar-refractivity contribution in [2.45, 2.75) is 69.8 Å². The topological polar surface area (TPSA) is 57.5 Å². The van der Waals surface area contributed by atoms with Gasteiger partial charge in [0.1, 0.15) is 0 Å². The number of aliphatic hydroxyl groups is 1. The van der Waals surface area contributed by atoms with Crippen molar-refractivity contribution in [1.29, 1.82) is 0 Å². The molecule has 1 aromatic carbocycles. The first-order valence-electron chi connectivity index (χ1n) is 8.35. The molecule has 0 bridgehead atoms. The van der Waals surface area contributed by atoms with Gasteiger partial charge in [0.05, 0.1) is 0 Å². The summed E-state index contributed by atoms with van der Waals surface area (Å²) in [6.07, 6.45) is 6.25. The van der Waals surface area contributed by atoms with E-state index in [9.17, 15) is 15.0 Å². The summed E-state index contributed by atoms with van der Waals surface area (Å²) in [7, 11) is 0.